The molecule has 1 aliphatic heterocycles. The van der Waals surface area contributed by atoms with Crippen LogP contribution in [0.5, 0.6) is 0 Å². The molecule has 0 bridgehead atoms. The van der Waals surface area contributed by atoms with Gasteiger partial charge in [0.1, 0.15) is 5.82 Å². The molecule has 2 unspecified atom stereocenters. The van der Waals surface area contributed by atoms with Crippen LogP contribution < -0.4 is 5.32 Å². The molecule has 6 heteroatoms. The minimum atomic E-state index is -0.510. The molecule has 0 saturated carbocycles. The highest BCUT2D eigenvalue weighted by atomic mass is 35.5. The number of carbonyl (C=O) groups is 1. The highest BCUT2D eigenvalue weighted by Crippen LogP contribution is 2.26. The highest BCUT2D eigenvalue weighted by molar-refractivity contribution is 6.31. The van der Waals surface area contributed by atoms with E-state index in [1.54, 1.807) is 17.9 Å². The van der Waals surface area contributed by atoms with Crippen molar-refractivity contribution in [3.8, 4) is 0 Å². The van der Waals surface area contributed by atoms with E-state index < -0.39 is 11.9 Å². The fourth-order valence-corrected chi connectivity index (χ4v) is 2.77. The molecular weight excluding hydrogens is 283 g/mol. The van der Waals surface area contributed by atoms with Gasteiger partial charge in [-0.3, -0.25) is 0 Å². The monoisotopic (exact) mass is 300 g/mol. The molecule has 1 aliphatic rings. The van der Waals surface area contributed by atoms with E-state index in [1.807, 2.05) is 0 Å². The Balaban J connectivity index is 2.01. The van der Waals surface area contributed by atoms with Crippen molar-refractivity contribution in [3.63, 3.8) is 0 Å². The lowest BCUT2D eigenvalue weighted by molar-refractivity contribution is 0.195. The molecule has 1 fully saturated rings. The average molecular weight is 301 g/mol. The molecule has 0 spiro atoms. The van der Waals surface area contributed by atoms with Gasteiger partial charge >= 0.3 is 6.03 Å². The standard InChI is InChI=1S/C14H18ClFN2O2/c1-9(13-11(15)3-2-4-12(13)16)17-14(20)18-6-5-10(7-18)8-19/h2-4,9-10,19H,5-8H2,1H3,(H,17,20). The number of aliphatic hydroxyl groups is 1. The van der Waals surface area contributed by atoms with Crippen molar-refractivity contribution in [2.24, 2.45) is 5.92 Å². The second-order valence-electron chi connectivity index (χ2n) is 5.09. The van der Waals surface area contributed by atoms with Gasteiger partial charge in [-0.05, 0) is 25.5 Å². The number of hydrogen-bond acceptors (Lipinski definition) is 2. The predicted molar refractivity (Wildman–Crippen MR) is 75.1 cm³/mol. The number of carbonyl (C=O) groups excluding carboxylic acids is 1. The number of amides is 2. The largest absolute Gasteiger partial charge is 0.396 e. The Hall–Kier alpha value is -1.33. The first-order valence-electron chi connectivity index (χ1n) is 6.63. The molecule has 110 valence electrons. The molecule has 0 aliphatic carbocycles. The SMILES string of the molecule is CC(NC(=O)N1CCC(CO)C1)c1c(F)cccc1Cl. The van der Waals surface area contributed by atoms with Crippen molar-refractivity contribution >= 4 is 17.6 Å². The Bertz CT molecular complexity index is 478. The van der Waals surface area contributed by atoms with Crippen LogP contribution >= 0.6 is 11.6 Å². The Morgan fingerprint density at radius 1 is 1.65 bits per heavy atom. The molecular formula is C14H18ClFN2O2. The highest BCUT2D eigenvalue weighted by Gasteiger charge is 2.27. The number of nitrogens with one attached hydrogen (secondary N) is 1. The van der Waals surface area contributed by atoms with Crippen LogP contribution in [0.2, 0.25) is 5.02 Å². The number of urea groups is 1. The van der Waals surface area contributed by atoms with Gasteiger partial charge in [0, 0.05) is 36.2 Å². The van der Waals surface area contributed by atoms with Gasteiger partial charge in [0.05, 0.1) is 6.04 Å². The van der Waals surface area contributed by atoms with E-state index in [1.165, 1.54) is 12.1 Å². The third-order valence-electron chi connectivity index (χ3n) is 3.60. The third-order valence-corrected chi connectivity index (χ3v) is 3.93. The molecule has 20 heavy (non-hydrogen) atoms. The summed E-state index contributed by atoms with van der Waals surface area (Å²) in [7, 11) is 0. The Morgan fingerprint density at radius 3 is 3.00 bits per heavy atom. The second kappa shape index (κ2) is 6.41. The van der Waals surface area contributed by atoms with Crippen LogP contribution in [0, 0.1) is 11.7 Å². The molecule has 1 aromatic carbocycles. The Kier molecular flexibility index (Phi) is 4.83. The van der Waals surface area contributed by atoms with Crippen molar-refractivity contribution in [2.75, 3.05) is 19.7 Å². The maximum atomic E-state index is 13.8. The predicted octanol–water partition coefficient (Wildman–Crippen LogP) is 2.56. The van der Waals surface area contributed by atoms with Crippen molar-refractivity contribution in [1.82, 2.24) is 10.2 Å². The Labute approximate surface area is 122 Å². The van der Waals surface area contributed by atoms with Crippen molar-refractivity contribution in [3.05, 3.63) is 34.6 Å². The number of nitrogens with zero attached hydrogens (tertiary/aromatic N) is 1. The maximum absolute atomic E-state index is 13.8. The summed E-state index contributed by atoms with van der Waals surface area (Å²) in [5.74, 6) is -0.298. The fraction of sp³-hybridized carbons (Fsp3) is 0.500. The smallest absolute Gasteiger partial charge is 0.317 e. The van der Waals surface area contributed by atoms with Crippen molar-refractivity contribution < 1.29 is 14.3 Å². The minimum absolute atomic E-state index is 0.0818. The summed E-state index contributed by atoms with van der Waals surface area (Å²) in [4.78, 5) is 13.7. The second-order valence-corrected chi connectivity index (χ2v) is 5.50. The molecule has 2 rings (SSSR count). The molecule has 2 N–H and O–H groups in total. The first-order valence-corrected chi connectivity index (χ1v) is 7.01. The lowest BCUT2D eigenvalue weighted by Gasteiger charge is -2.22. The van der Waals surface area contributed by atoms with E-state index in [0.29, 0.717) is 23.7 Å². The molecule has 0 radical (unpaired) electrons. The van der Waals surface area contributed by atoms with E-state index in [4.69, 9.17) is 16.7 Å². The number of rotatable bonds is 3. The van der Waals surface area contributed by atoms with Gasteiger partial charge in [-0.25, -0.2) is 9.18 Å². The summed E-state index contributed by atoms with van der Waals surface area (Å²) in [6.45, 7) is 2.91. The van der Waals surface area contributed by atoms with Gasteiger partial charge in [0.15, 0.2) is 0 Å². The zero-order valence-electron chi connectivity index (χ0n) is 11.3. The van der Waals surface area contributed by atoms with Gasteiger partial charge in [0.2, 0.25) is 0 Å². The zero-order valence-corrected chi connectivity index (χ0v) is 12.0. The van der Waals surface area contributed by atoms with Gasteiger partial charge in [-0.1, -0.05) is 17.7 Å². The normalized spacial score (nSPS) is 20.0. The summed E-state index contributed by atoms with van der Waals surface area (Å²) in [5, 5.41) is 12.1. The summed E-state index contributed by atoms with van der Waals surface area (Å²) in [6, 6.07) is 3.68. The van der Waals surface area contributed by atoms with E-state index in [2.05, 4.69) is 5.32 Å². The van der Waals surface area contributed by atoms with Crippen molar-refractivity contribution in [2.45, 2.75) is 19.4 Å². The summed E-state index contributed by atoms with van der Waals surface area (Å²) in [5.41, 5.74) is 0.292. The first kappa shape index (κ1) is 15.1. The number of benzene rings is 1. The van der Waals surface area contributed by atoms with Gasteiger partial charge < -0.3 is 15.3 Å². The number of hydrogen-bond donors (Lipinski definition) is 2. The zero-order chi connectivity index (χ0) is 14.7. The van der Waals surface area contributed by atoms with Gasteiger partial charge in [-0.2, -0.15) is 0 Å². The first-order chi connectivity index (χ1) is 9.52. The van der Waals surface area contributed by atoms with Crippen LogP contribution in [-0.4, -0.2) is 35.7 Å². The van der Waals surface area contributed by atoms with Crippen molar-refractivity contribution in [1.29, 1.82) is 0 Å². The topological polar surface area (TPSA) is 52.6 Å². The van der Waals surface area contributed by atoms with Crippen LogP contribution in [0.4, 0.5) is 9.18 Å². The van der Waals surface area contributed by atoms with Gasteiger partial charge in [-0.15, -0.1) is 0 Å². The van der Waals surface area contributed by atoms with E-state index in [0.717, 1.165) is 6.42 Å². The number of halogens is 2. The summed E-state index contributed by atoms with van der Waals surface area (Å²) >= 11 is 5.98. The van der Waals surface area contributed by atoms with Crippen LogP contribution in [-0.2, 0) is 0 Å². The van der Waals surface area contributed by atoms with Crippen LogP contribution in [0.1, 0.15) is 24.9 Å². The fourth-order valence-electron chi connectivity index (χ4n) is 2.44. The molecule has 1 saturated heterocycles. The Morgan fingerprint density at radius 2 is 2.40 bits per heavy atom. The molecule has 1 heterocycles. The quantitative estimate of drug-likeness (QED) is 0.901. The lowest BCUT2D eigenvalue weighted by Crippen LogP contribution is -2.40. The molecule has 2 atom stereocenters. The van der Waals surface area contributed by atoms with Crippen LogP contribution in [0.3, 0.4) is 0 Å². The summed E-state index contributed by atoms with van der Waals surface area (Å²) < 4.78 is 13.8. The molecule has 4 nitrogen and oxygen atoms in total. The van der Waals surface area contributed by atoms with E-state index in [9.17, 15) is 9.18 Å². The molecule has 0 aromatic heterocycles. The van der Waals surface area contributed by atoms with Gasteiger partial charge in [0.25, 0.3) is 0 Å². The maximum Gasteiger partial charge on any atom is 0.317 e. The van der Waals surface area contributed by atoms with E-state index >= 15 is 0 Å². The molecule has 2 amide bonds. The summed E-state index contributed by atoms with van der Waals surface area (Å²) in [6.07, 6.45) is 0.790. The molecule has 1 aromatic rings. The third kappa shape index (κ3) is 3.22. The van der Waals surface area contributed by atoms with Crippen LogP contribution in [0.25, 0.3) is 0 Å². The van der Waals surface area contributed by atoms with E-state index in [-0.39, 0.29) is 18.6 Å². The lowest BCUT2D eigenvalue weighted by atomic mass is 10.1. The van der Waals surface area contributed by atoms with Crippen LogP contribution in [0.15, 0.2) is 18.2 Å². The number of likely N-dealkylation sites (tertiary alicyclic amines) is 1. The average Bonchev–Trinajstić information content (AvgIpc) is 2.87. The number of aliphatic hydroxyl groups excluding tert-OH is 1. The minimum Gasteiger partial charge on any atom is -0.396 e.